The van der Waals surface area contributed by atoms with E-state index in [1.165, 1.54) is 12.8 Å². The summed E-state index contributed by atoms with van der Waals surface area (Å²) in [6.45, 7) is 19.6. The molecule has 0 aromatic heterocycles. The van der Waals surface area contributed by atoms with Crippen LogP contribution >= 0.6 is 0 Å². The summed E-state index contributed by atoms with van der Waals surface area (Å²) in [5.74, 6) is -0.688. The van der Waals surface area contributed by atoms with Gasteiger partial charge in [-0.25, -0.2) is 4.79 Å². The van der Waals surface area contributed by atoms with Gasteiger partial charge >= 0.3 is 6.09 Å². The van der Waals surface area contributed by atoms with Crippen LogP contribution in [0.15, 0.2) is 18.2 Å². The van der Waals surface area contributed by atoms with Crippen molar-refractivity contribution >= 4 is 17.9 Å². The number of benzene rings is 1. The van der Waals surface area contributed by atoms with Crippen LogP contribution in [0.3, 0.4) is 0 Å². The van der Waals surface area contributed by atoms with Crippen LogP contribution in [0.1, 0.15) is 117 Å². The van der Waals surface area contributed by atoms with Crippen molar-refractivity contribution in [1.29, 1.82) is 0 Å². The van der Waals surface area contributed by atoms with Gasteiger partial charge in [0.25, 0.3) is 0 Å². The Hall–Kier alpha value is -2.57. The van der Waals surface area contributed by atoms with Gasteiger partial charge in [-0.2, -0.15) is 0 Å². The van der Waals surface area contributed by atoms with Crippen LogP contribution in [-0.2, 0) is 14.3 Å². The Morgan fingerprint density at radius 3 is 2.08 bits per heavy atom. The van der Waals surface area contributed by atoms with Crippen LogP contribution in [0, 0.1) is 19.8 Å². The molecule has 7 heteroatoms. The summed E-state index contributed by atoms with van der Waals surface area (Å²) >= 11 is 0. The molecule has 3 amide bonds. The zero-order chi connectivity index (χ0) is 29.0. The molecule has 0 aliphatic heterocycles. The second kappa shape index (κ2) is 15.7. The summed E-state index contributed by atoms with van der Waals surface area (Å²) in [5.41, 5.74) is 2.16. The zero-order valence-electron chi connectivity index (χ0n) is 25.6. The van der Waals surface area contributed by atoms with Crippen LogP contribution in [0.25, 0.3) is 0 Å². The number of nitrogens with zero attached hydrogens (tertiary/aromatic N) is 1. The number of amides is 3. The Bertz CT molecular complexity index is 905. The number of ether oxygens (including phenoxy) is 1. The molecule has 2 unspecified atom stereocenters. The Morgan fingerprint density at radius 1 is 0.921 bits per heavy atom. The number of carbonyl (C=O) groups is 3. The molecule has 1 aromatic carbocycles. The predicted octanol–water partition coefficient (Wildman–Crippen LogP) is 6.61. The fourth-order valence-corrected chi connectivity index (χ4v) is 4.44. The Balaban J connectivity index is 3.48. The molecule has 0 bridgehead atoms. The Kier molecular flexibility index (Phi) is 13.9. The molecule has 1 rings (SSSR count). The van der Waals surface area contributed by atoms with E-state index in [0.29, 0.717) is 6.54 Å². The van der Waals surface area contributed by atoms with Crippen molar-refractivity contribution in [3.63, 3.8) is 0 Å². The van der Waals surface area contributed by atoms with Crippen LogP contribution in [0.4, 0.5) is 4.79 Å². The highest BCUT2D eigenvalue weighted by molar-refractivity contribution is 5.92. The lowest BCUT2D eigenvalue weighted by Crippen LogP contribution is -2.55. The fourth-order valence-electron chi connectivity index (χ4n) is 4.44. The first kappa shape index (κ1) is 33.5. The first-order valence-electron chi connectivity index (χ1n) is 14.4. The van der Waals surface area contributed by atoms with Crippen LogP contribution < -0.4 is 10.6 Å². The lowest BCUT2D eigenvalue weighted by Gasteiger charge is -2.36. The average molecular weight is 532 g/mol. The average Bonchev–Trinajstić information content (AvgIpc) is 2.79. The quantitative estimate of drug-likeness (QED) is 0.265. The summed E-state index contributed by atoms with van der Waals surface area (Å²) in [6, 6.07) is 4.16. The molecule has 0 radical (unpaired) electrons. The Labute approximate surface area is 231 Å². The highest BCUT2D eigenvalue weighted by Gasteiger charge is 2.38. The maximum absolute atomic E-state index is 14.2. The fraction of sp³-hybridized carbons (Fsp3) is 0.710. The summed E-state index contributed by atoms with van der Waals surface area (Å²) < 4.78 is 5.46. The third kappa shape index (κ3) is 11.0. The van der Waals surface area contributed by atoms with E-state index >= 15 is 0 Å². The lowest BCUT2D eigenvalue weighted by molar-refractivity contribution is -0.143. The van der Waals surface area contributed by atoms with Gasteiger partial charge in [0.1, 0.15) is 17.7 Å². The van der Waals surface area contributed by atoms with E-state index in [0.717, 1.165) is 42.4 Å². The monoisotopic (exact) mass is 531 g/mol. The number of unbranched alkanes of at least 4 members (excludes halogenated alkanes) is 5. The smallest absolute Gasteiger partial charge is 0.408 e. The van der Waals surface area contributed by atoms with Gasteiger partial charge in [0, 0.05) is 12.6 Å². The molecule has 2 N–H and O–H groups in total. The summed E-state index contributed by atoms with van der Waals surface area (Å²) in [5, 5.41) is 5.84. The van der Waals surface area contributed by atoms with Gasteiger partial charge in [0.2, 0.25) is 11.8 Å². The SMILES string of the molecule is CCCCCCCCN(C(=O)C(NC(=O)OC(C)(C)C)C(C)C)C(C(=O)NC(C)C)c1cccc(C)c1C. The first-order chi connectivity index (χ1) is 17.7. The van der Waals surface area contributed by atoms with E-state index in [2.05, 4.69) is 17.6 Å². The van der Waals surface area contributed by atoms with Gasteiger partial charge in [-0.3, -0.25) is 9.59 Å². The molecule has 0 heterocycles. The van der Waals surface area contributed by atoms with Crippen molar-refractivity contribution in [2.75, 3.05) is 6.54 Å². The lowest BCUT2D eigenvalue weighted by atomic mass is 9.93. The van der Waals surface area contributed by atoms with Gasteiger partial charge in [-0.15, -0.1) is 0 Å². The van der Waals surface area contributed by atoms with Gasteiger partial charge in [0.05, 0.1) is 0 Å². The topological polar surface area (TPSA) is 87.7 Å². The second-order valence-electron chi connectivity index (χ2n) is 12.0. The summed E-state index contributed by atoms with van der Waals surface area (Å²) in [7, 11) is 0. The standard InChI is InChI=1S/C31H53N3O4/c1-11-12-13-14-15-16-20-34(29(36)26(21(2)3)33-30(37)38-31(8,9)10)27(28(35)32-22(4)5)25-19-17-18-23(6)24(25)7/h17-19,21-22,26-27H,11-16,20H2,1-10H3,(H,32,35)(H,33,37). The van der Waals surface area contributed by atoms with E-state index in [-0.39, 0.29) is 23.8 Å². The van der Waals surface area contributed by atoms with Gasteiger partial charge < -0.3 is 20.3 Å². The normalized spacial score (nSPS) is 13.3. The number of aryl methyl sites for hydroxylation is 1. The maximum Gasteiger partial charge on any atom is 0.408 e. The summed E-state index contributed by atoms with van der Waals surface area (Å²) in [6.07, 6.45) is 5.73. The van der Waals surface area contributed by atoms with Crippen LogP contribution in [-0.4, -0.2) is 47.0 Å². The molecule has 0 saturated heterocycles. The van der Waals surface area contributed by atoms with Gasteiger partial charge in [-0.1, -0.05) is 71.1 Å². The second-order valence-corrected chi connectivity index (χ2v) is 12.0. The number of hydrogen-bond acceptors (Lipinski definition) is 4. The zero-order valence-corrected chi connectivity index (χ0v) is 25.6. The molecule has 7 nitrogen and oxygen atoms in total. The van der Waals surface area contributed by atoms with Crippen molar-refractivity contribution in [2.45, 2.75) is 131 Å². The maximum atomic E-state index is 14.2. The number of hydrogen-bond donors (Lipinski definition) is 2. The highest BCUT2D eigenvalue weighted by Crippen LogP contribution is 2.29. The van der Waals surface area contributed by atoms with Crippen molar-refractivity contribution < 1.29 is 19.1 Å². The summed E-state index contributed by atoms with van der Waals surface area (Å²) in [4.78, 5) is 42.3. The molecule has 0 saturated carbocycles. The third-order valence-corrected chi connectivity index (χ3v) is 6.57. The highest BCUT2D eigenvalue weighted by atomic mass is 16.6. The number of nitrogens with one attached hydrogen (secondary N) is 2. The molecule has 0 spiro atoms. The molecule has 38 heavy (non-hydrogen) atoms. The minimum Gasteiger partial charge on any atom is -0.444 e. The molecule has 0 aliphatic rings. The van der Waals surface area contributed by atoms with E-state index in [4.69, 9.17) is 4.74 Å². The van der Waals surface area contributed by atoms with Crippen molar-refractivity contribution in [2.24, 2.45) is 5.92 Å². The molecular formula is C31H53N3O4. The molecule has 1 aromatic rings. The van der Waals surface area contributed by atoms with E-state index in [1.54, 1.807) is 25.7 Å². The molecule has 216 valence electrons. The number of carbonyl (C=O) groups excluding carboxylic acids is 3. The van der Waals surface area contributed by atoms with Crippen molar-refractivity contribution in [1.82, 2.24) is 15.5 Å². The molecule has 2 atom stereocenters. The van der Waals surface area contributed by atoms with Crippen molar-refractivity contribution in [3.05, 3.63) is 34.9 Å². The largest absolute Gasteiger partial charge is 0.444 e. The minimum absolute atomic E-state index is 0.0816. The third-order valence-electron chi connectivity index (χ3n) is 6.57. The van der Waals surface area contributed by atoms with Crippen molar-refractivity contribution in [3.8, 4) is 0 Å². The van der Waals surface area contributed by atoms with E-state index in [9.17, 15) is 14.4 Å². The Morgan fingerprint density at radius 2 is 1.53 bits per heavy atom. The molecular weight excluding hydrogens is 478 g/mol. The van der Waals surface area contributed by atoms with Gasteiger partial charge in [0.15, 0.2) is 0 Å². The minimum atomic E-state index is -0.829. The van der Waals surface area contributed by atoms with Gasteiger partial charge in [-0.05, 0) is 77.5 Å². The van der Waals surface area contributed by atoms with Crippen LogP contribution in [0.5, 0.6) is 0 Å². The molecule has 0 fully saturated rings. The predicted molar refractivity (Wildman–Crippen MR) is 155 cm³/mol. The number of rotatable bonds is 14. The van der Waals surface area contributed by atoms with E-state index in [1.807, 2.05) is 59.7 Å². The van der Waals surface area contributed by atoms with E-state index < -0.39 is 23.8 Å². The molecule has 0 aliphatic carbocycles. The number of alkyl carbamates (subject to hydrolysis) is 1. The van der Waals surface area contributed by atoms with Crippen LogP contribution in [0.2, 0.25) is 0 Å². The first-order valence-corrected chi connectivity index (χ1v) is 14.4.